The average molecular weight is 399 g/mol. The van der Waals surface area contributed by atoms with Crippen molar-refractivity contribution in [2.45, 2.75) is 63.6 Å². The first-order chi connectivity index (χ1) is 14.1. The van der Waals surface area contributed by atoms with E-state index in [-0.39, 0.29) is 36.3 Å². The highest BCUT2D eigenvalue weighted by Crippen LogP contribution is 2.53. The lowest BCUT2D eigenvalue weighted by molar-refractivity contribution is -0.192. The van der Waals surface area contributed by atoms with Crippen molar-refractivity contribution < 1.29 is 23.8 Å². The molecule has 2 fully saturated rings. The molecule has 1 saturated carbocycles. The minimum absolute atomic E-state index is 0.0319. The molecule has 0 unspecified atom stereocenters. The summed E-state index contributed by atoms with van der Waals surface area (Å²) in [6.45, 7) is 4.46. The van der Waals surface area contributed by atoms with Gasteiger partial charge in [0.1, 0.15) is 6.61 Å². The van der Waals surface area contributed by atoms with Gasteiger partial charge in [0.05, 0.1) is 12.6 Å². The predicted molar refractivity (Wildman–Crippen MR) is 107 cm³/mol. The molecule has 156 valence electrons. The van der Waals surface area contributed by atoms with Gasteiger partial charge in [-0.3, -0.25) is 4.90 Å². The molecule has 2 aliphatic heterocycles. The molecule has 4 atom stereocenters. The third kappa shape index (κ3) is 3.38. The van der Waals surface area contributed by atoms with Crippen LogP contribution in [0.2, 0.25) is 0 Å². The van der Waals surface area contributed by atoms with E-state index in [1.165, 1.54) is 0 Å². The highest BCUT2D eigenvalue weighted by atomic mass is 16.6. The van der Waals surface area contributed by atoms with Crippen LogP contribution in [-0.2, 0) is 19.0 Å². The third-order valence-electron chi connectivity index (χ3n) is 6.43. The predicted octanol–water partition coefficient (Wildman–Crippen LogP) is 4.36. The molecule has 3 aliphatic rings. The summed E-state index contributed by atoms with van der Waals surface area (Å²) in [4.78, 5) is 27.3. The molecule has 4 rings (SSSR count). The van der Waals surface area contributed by atoms with E-state index in [9.17, 15) is 9.59 Å². The van der Waals surface area contributed by atoms with E-state index in [0.29, 0.717) is 13.0 Å². The molecule has 1 aromatic carbocycles. The van der Waals surface area contributed by atoms with Crippen molar-refractivity contribution in [3.8, 4) is 0 Å². The number of benzene rings is 1. The fourth-order valence-corrected chi connectivity index (χ4v) is 5.13. The topological polar surface area (TPSA) is 65.1 Å². The summed E-state index contributed by atoms with van der Waals surface area (Å²) in [6, 6.07) is 10.1. The number of nitrogens with zero attached hydrogens (tertiary/aromatic N) is 1. The molecule has 0 aromatic heterocycles. The van der Waals surface area contributed by atoms with Gasteiger partial charge in [0.2, 0.25) is 5.76 Å². The maximum Gasteiger partial charge on any atom is 0.413 e. The number of carbonyl (C=O) groups is 2. The zero-order valence-corrected chi connectivity index (χ0v) is 17.1. The highest BCUT2D eigenvalue weighted by molar-refractivity contribution is 5.87. The van der Waals surface area contributed by atoms with Crippen LogP contribution in [0.5, 0.6) is 0 Å². The first-order valence-corrected chi connectivity index (χ1v) is 10.7. The zero-order chi connectivity index (χ0) is 20.4. The van der Waals surface area contributed by atoms with Crippen LogP contribution in [-0.4, -0.2) is 41.9 Å². The summed E-state index contributed by atoms with van der Waals surface area (Å²) < 4.78 is 17.1. The van der Waals surface area contributed by atoms with E-state index in [1.807, 2.05) is 31.2 Å². The minimum Gasteiger partial charge on any atom is -0.460 e. The lowest BCUT2D eigenvalue weighted by Crippen LogP contribution is -2.62. The molecule has 1 aromatic rings. The number of hydrogen-bond donors (Lipinski definition) is 0. The van der Waals surface area contributed by atoms with E-state index in [2.05, 4.69) is 12.1 Å². The number of esters is 1. The van der Waals surface area contributed by atoms with Crippen LogP contribution in [0.15, 0.2) is 42.2 Å². The van der Waals surface area contributed by atoms with Crippen LogP contribution >= 0.6 is 0 Å². The maximum atomic E-state index is 12.8. The van der Waals surface area contributed by atoms with Crippen LogP contribution in [0.4, 0.5) is 4.79 Å². The normalized spacial score (nSPS) is 31.4. The van der Waals surface area contributed by atoms with Crippen molar-refractivity contribution in [3.63, 3.8) is 0 Å². The van der Waals surface area contributed by atoms with E-state index < -0.39 is 11.7 Å². The number of fused-ring (bicyclic) bond motifs is 1. The summed E-state index contributed by atoms with van der Waals surface area (Å²) in [6.07, 6.45) is 5.94. The number of amides is 1. The fraction of sp³-hybridized carbons (Fsp3) is 0.565. The summed E-state index contributed by atoms with van der Waals surface area (Å²) in [5.41, 5.74) is 0.235. The molecule has 0 N–H and O–H groups in total. The number of cyclic esters (lactones) is 1. The van der Waals surface area contributed by atoms with Gasteiger partial charge in [0, 0.05) is 18.3 Å². The summed E-state index contributed by atoms with van der Waals surface area (Å²) in [5, 5.41) is 0. The largest absolute Gasteiger partial charge is 0.460 e. The Morgan fingerprint density at radius 2 is 2.03 bits per heavy atom. The van der Waals surface area contributed by atoms with E-state index in [4.69, 9.17) is 14.2 Å². The molecule has 2 heterocycles. The number of carbonyl (C=O) groups excluding carboxylic acids is 2. The van der Waals surface area contributed by atoms with Crippen LogP contribution < -0.4 is 0 Å². The first-order valence-electron chi connectivity index (χ1n) is 10.7. The van der Waals surface area contributed by atoms with Crippen molar-refractivity contribution in [1.82, 2.24) is 4.90 Å². The van der Waals surface area contributed by atoms with Crippen LogP contribution in [0.25, 0.3) is 0 Å². The Hall–Kier alpha value is -2.50. The Kier molecular flexibility index (Phi) is 5.52. The Morgan fingerprint density at radius 3 is 2.76 bits per heavy atom. The highest BCUT2D eigenvalue weighted by Gasteiger charge is 2.59. The average Bonchev–Trinajstić information content (AvgIpc) is 3.14. The standard InChI is InChI=1S/C23H29NO5/c1-3-17-15-28-22(26)24(17)23-13-9-8-12-19(23)18(16-10-6-5-7-11-16)14-20(29-23)21(25)27-4-2/h5-7,10-11,14,17-19H,3-4,8-9,12-13,15H2,1-2H3/t17-,18-,19-,23-/m1/s1. The third-order valence-corrected chi connectivity index (χ3v) is 6.43. The van der Waals surface area contributed by atoms with Crippen molar-refractivity contribution >= 4 is 12.1 Å². The van der Waals surface area contributed by atoms with Crippen molar-refractivity contribution in [2.75, 3.05) is 13.2 Å². The first kappa shape index (κ1) is 19.8. The van der Waals surface area contributed by atoms with Gasteiger partial charge in [0.15, 0.2) is 5.72 Å². The van der Waals surface area contributed by atoms with Gasteiger partial charge in [-0.15, -0.1) is 0 Å². The monoisotopic (exact) mass is 399 g/mol. The number of rotatable bonds is 5. The molecular weight excluding hydrogens is 370 g/mol. The molecule has 0 radical (unpaired) electrons. The summed E-state index contributed by atoms with van der Waals surface area (Å²) in [7, 11) is 0. The number of allylic oxidation sites excluding steroid dienone is 1. The zero-order valence-electron chi connectivity index (χ0n) is 17.1. The van der Waals surface area contributed by atoms with Crippen LogP contribution in [0.3, 0.4) is 0 Å². The van der Waals surface area contributed by atoms with Crippen molar-refractivity contribution in [3.05, 3.63) is 47.7 Å². The second kappa shape index (κ2) is 8.09. The summed E-state index contributed by atoms with van der Waals surface area (Å²) in [5.74, 6) is -0.252. The Balaban J connectivity index is 1.83. The van der Waals surface area contributed by atoms with Gasteiger partial charge in [-0.2, -0.15) is 0 Å². The van der Waals surface area contributed by atoms with Crippen LogP contribution in [0.1, 0.15) is 57.4 Å². The maximum absolute atomic E-state index is 12.8. The Bertz CT molecular complexity index is 792. The fourth-order valence-electron chi connectivity index (χ4n) is 5.13. The molecule has 29 heavy (non-hydrogen) atoms. The van der Waals surface area contributed by atoms with Gasteiger partial charge in [-0.25, -0.2) is 9.59 Å². The molecule has 1 amide bonds. The molecular formula is C23H29NO5. The molecule has 1 saturated heterocycles. The number of hydrogen-bond acceptors (Lipinski definition) is 5. The molecule has 1 aliphatic carbocycles. The second-order valence-corrected chi connectivity index (χ2v) is 8.00. The van der Waals surface area contributed by atoms with Crippen LogP contribution in [0, 0.1) is 5.92 Å². The van der Waals surface area contributed by atoms with E-state index >= 15 is 0 Å². The second-order valence-electron chi connectivity index (χ2n) is 8.00. The van der Waals surface area contributed by atoms with Gasteiger partial charge in [-0.05, 0) is 37.8 Å². The molecule has 6 nitrogen and oxygen atoms in total. The molecule has 0 spiro atoms. The van der Waals surface area contributed by atoms with E-state index in [0.717, 1.165) is 31.2 Å². The lowest BCUT2D eigenvalue weighted by atomic mass is 9.68. The van der Waals surface area contributed by atoms with Gasteiger partial charge in [-0.1, -0.05) is 43.7 Å². The van der Waals surface area contributed by atoms with Gasteiger partial charge in [0.25, 0.3) is 0 Å². The van der Waals surface area contributed by atoms with Crippen molar-refractivity contribution in [2.24, 2.45) is 5.92 Å². The molecule has 6 heteroatoms. The lowest BCUT2D eigenvalue weighted by Gasteiger charge is -2.54. The SMILES string of the molecule is CCOC(=O)C1=C[C@H](c2ccccc2)[C@H]2CCCC[C@@]2(N2C(=O)OC[C@H]2CC)O1. The number of ether oxygens (including phenoxy) is 3. The molecule has 0 bridgehead atoms. The van der Waals surface area contributed by atoms with Gasteiger partial charge < -0.3 is 14.2 Å². The van der Waals surface area contributed by atoms with Gasteiger partial charge >= 0.3 is 12.1 Å². The minimum atomic E-state index is -0.885. The quantitative estimate of drug-likeness (QED) is 0.688. The Morgan fingerprint density at radius 1 is 1.24 bits per heavy atom. The van der Waals surface area contributed by atoms with Crippen molar-refractivity contribution in [1.29, 1.82) is 0 Å². The Labute approximate surface area is 171 Å². The van der Waals surface area contributed by atoms with E-state index in [1.54, 1.807) is 11.8 Å². The summed E-state index contributed by atoms with van der Waals surface area (Å²) >= 11 is 0. The smallest absolute Gasteiger partial charge is 0.413 e.